The van der Waals surface area contributed by atoms with Gasteiger partial charge in [-0.15, -0.1) is 0 Å². The van der Waals surface area contributed by atoms with Gasteiger partial charge in [0.15, 0.2) is 9.84 Å². The number of thioether (sulfide) groups is 2. The summed E-state index contributed by atoms with van der Waals surface area (Å²) in [5.41, 5.74) is 0. The van der Waals surface area contributed by atoms with Crippen molar-refractivity contribution in [3.8, 4) is 0 Å². The van der Waals surface area contributed by atoms with Crippen molar-refractivity contribution < 1.29 is 8.42 Å². The Hall–Kier alpha value is 0.570. The molecule has 3 unspecified atom stereocenters. The predicted octanol–water partition coefficient (Wildman–Crippen LogP) is 0.499. The van der Waals surface area contributed by atoms with Crippen LogP contribution in [0, 0.1) is 0 Å². The van der Waals surface area contributed by atoms with E-state index in [9.17, 15) is 8.42 Å². The lowest BCUT2D eigenvalue weighted by Gasteiger charge is -2.40. The molecule has 0 aromatic rings. The third-order valence-corrected chi connectivity index (χ3v) is 8.19. The molecule has 2 rings (SSSR count). The van der Waals surface area contributed by atoms with Crippen LogP contribution in [0.2, 0.25) is 0 Å². The molecule has 7 heteroatoms. The summed E-state index contributed by atoms with van der Waals surface area (Å²) >= 11 is 3.62. The Kier molecular flexibility index (Phi) is 5.28. The Bertz CT molecular complexity index is 374. The number of nitrogens with zero attached hydrogens (tertiary/aromatic N) is 1. The maximum atomic E-state index is 12.2. The van der Waals surface area contributed by atoms with Gasteiger partial charge in [-0.3, -0.25) is 4.90 Å². The minimum atomic E-state index is -2.97. The first-order valence-electron chi connectivity index (χ1n) is 6.38. The number of rotatable bonds is 4. The molecule has 2 heterocycles. The summed E-state index contributed by atoms with van der Waals surface area (Å²) in [4.78, 5) is 2.25. The molecule has 0 bridgehead atoms. The van der Waals surface area contributed by atoms with Gasteiger partial charge < -0.3 is 5.32 Å². The van der Waals surface area contributed by atoms with Crippen molar-refractivity contribution in [3.05, 3.63) is 0 Å². The van der Waals surface area contributed by atoms with Crippen molar-refractivity contribution in [2.24, 2.45) is 0 Å². The molecule has 0 aliphatic carbocycles. The summed E-state index contributed by atoms with van der Waals surface area (Å²) in [5, 5.41) is 3.64. The molecule has 0 radical (unpaired) electrons. The van der Waals surface area contributed by atoms with E-state index in [4.69, 9.17) is 0 Å². The Morgan fingerprint density at radius 1 is 1.44 bits per heavy atom. The van der Waals surface area contributed by atoms with Crippen molar-refractivity contribution in [2.45, 2.75) is 23.6 Å². The third kappa shape index (κ3) is 3.00. The molecular weight excluding hydrogens is 288 g/mol. The van der Waals surface area contributed by atoms with Crippen molar-refractivity contribution in [1.29, 1.82) is 0 Å². The van der Waals surface area contributed by atoms with E-state index < -0.39 is 9.84 Å². The number of nitrogens with one attached hydrogen (secondary N) is 1. The van der Waals surface area contributed by atoms with Gasteiger partial charge >= 0.3 is 0 Å². The second-order valence-electron chi connectivity index (χ2n) is 4.72. The summed E-state index contributed by atoms with van der Waals surface area (Å²) < 4.78 is 24.5. The van der Waals surface area contributed by atoms with E-state index in [0.717, 1.165) is 31.1 Å². The van der Waals surface area contributed by atoms with Gasteiger partial charge in [0.1, 0.15) is 5.37 Å². The highest BCUT2D eigenvalue weighted by Crippen LogP contribution is 2.28. The summed E-state index contributed by atoms with van der Waals surface area (Å²) in [5.74, 6) is 2.03. The van der Waals surface area contributed by atoms with Gasteiger partial charge in [-0.1, -0.05) is 6.92 Å². The zero-order valence-corrected chi connectivity index (χ0v) is 13.4. The maximum Gasteiger partial charge on any atom is 0.166 e. The molecular formula is C11H22N2O2S3. The highest BCUT2D eigenvalue weighted by Gasteiger charge is 2.41. The van der Waals surface area contributed by atoms with Crippen molar-refractivity contribution >= 4 is 33.4 Å². The van der Waals surface area contributed by atoms with Crippen LogP contribution >= 0.6 is 23.5 Å². The number of sulfone groups is 1. The minimum absolute atomic E-state index is 0.249. The zero-order valence-electron chi connectivity index (χ0n) is 11.0. The second-order valence-corrected chi connectivity index (χ2v) is 9.39. The topological polar surface area (TPSA) is 49.4 Å². The molecule has 0 saturated carbocycles. The fourth-order valence-electron chi connectivity index (χ4n) is 2.69. The number of hydrogen-bond donors (Lipinski definition) is 1. The summed E-state index contributed by atoms with van der Waals surface area (Å²) in [6.07, 6.45) is 2.12. The van der Waals surface area contributed by atoms with Gasteiger partial charge in [-0.2, -0.15) is 23.5 Å². The third-order valence-electron chi connectivity index (χ3n) is 3.80. The average Bonchev–Trinajstić information content (AvgIpc) is 2.87. The van der Waals surface area contributed by atoms with E-state index in [1.807, 2.05) is 11.8 Å². The first-order valence-corrected chi connectivity index (χ1v) is 10.5. The molecule has 2 saturated heterocycles. The Labute approximate surface area is 119 Å². The van der Waals surface area contributed by atoms with Crippen molar-refractivity contribution in [3.63, 3.8) is 0 Å². The van der Waals surface area contributed by atoms with Crippen LogP contribution in [0.4, 0.5) is 0 Å². The van der Waals surface area contributed by atoms with Gasteiger partial charge in [0.2, 0.25) is 0 Å². The molecule has 0 amide bonds. The van der Waals surface area contributed by atoms with E-state index in [-0.39, 0.29) is 11.1 Å². The summed E-state index contributed by atoms with van der Waals surface area (Å²) in [6.45, 7) is 4.57. The molecule has 106 valence electrons. The van der Waals surface area contributed by atoms with E-state index in [1.165, 1.54) is 0 Å². The first-order chi connectivity index (χ1) is 8.60. The average molecular weight is 311 g/mol. The molecule has 2 aliphatic heterocycles. The van der Waals surface area contributed by atoms with Gasteiger partial charge in [0.05, 0.1) is 0 Å². The highest BCUT2D eigenvalue weighted by molar-refractivity contribution is 8.01. The van der Waals surface area contributed by atoms with Crippen molar-refractivity contribution in [1.82, 2.24) is 10.2 Å². The lowest BCUT2D eigenvalue weighted by molar-refractivity contribution is 0.207. The van der Waals surface area contributed by atoms with Gasteiger partial charge in [-0.05, 0) is 6.26 Å². The molecule has 1 N–H and O–H groups in total. The SMILES string of the molecule is CCS(=O)(=O)C1CSCCN1C1CNCC1SC. The minimum Gasteiger partial charge on any atom is -0.314 e. The fourth-order valence-corrected chi connectivity index (χ4v) is 6.62. The maximum absolute atomic E-state index is 12.2. The quantitative estimate of drug-likeness (QED) is 0.816. The molecule has 18 heavy (non-hydrogen) atoms. The highest BCUT2D eigenvalue weighted by atomic mass is 32.2. The van der Waals surface area contributed by atoms with Crippen LogP contribution in [0.5, 0.6) is 0 Å². The molecule has 0 aromatic carbocycles. The fraction of sp³-hybridized carbons (Fsp3) is 1.00. The first kappa shape index (κ1) is 15.0. The second kappa shape index (κ2) is 6.35. The van der Waals surface area contributed by atoms with E-state index in [0.29, 0.717) is 11.3 Å². The number of hydrogen-bond acceptors (Lipinski definition) is 6. The molecule has 2 fully saturated rings. The van der Waals surface area contributed by atoms with Gasteiger partial charge in [0, 0.05) is 48.2 Å². The normalized spacial score (nSPS) is 34.9. The lowest BCUT2D eigenvalue weighted by atomic mass is 10.2. The van der Waals surface area contributed by atoms with Crippen LogP contribution in [0.25, 0.3) is 0 Å². The summed E-state index contributed by atoms with van der Waals surface area (Å²) in [7, 11) is -2.97. The van der Waals surface area contributed by atoms with Crippen LogP contribution in [-0.4, -0.2) is 73.1 Å². The molecule has 3 atom stereocenters. The molecule has 2 aliphatic rings. The Morgan fingerprint density at radius 3 is 2.89 bits per heavy atom. The van der Waals surface area contributed by atoms with E-state index in [1.54, 1.807) is 18.7 Å². The van der Waals surface area contributed by atoms with Crippen LogP contribution in [-0.2, 0) is 9.84 Å². The molecule has 0 aromatic heterocycles. The van der Waals surface area contributed by atoms with Gasteiger partial charge in [0.25, 0.3) is 0 Å². The standard InChI is InChI=1S/C11H22N2O2S3/c1-3-18(14,15)11-8-17-5-4-13(11)9-6-12-7-10(9)16-2/h9-12H,3-8H2,1-2H3. The zero-order chi connectivity index (χ0) is 13.2. The van der Waals surface area contributed by atoms with Gasteiger partial charge in [-0.25, -0.2) is 8.42 Å². The Balaban J connectivity index is 2.18. The van der Waals surface area contributed by atoms with Crippen LogP contribution in [0.3, 0.4) is 0 Å². The monoisotopic (exact) mass is 310 g/mol. The van der Waals surface area contributed by atoms with E-state index >= 15 is 0 Å². The van der Waals surface area contributed by atoms with Crippen LogP contribution in [0.1, 0.15) is 6.92 Å². The largest absolute Gasteiger partial charge is 0.314 e. The Morgan fingerprint density at radius 2 is 2.22 bits per heavy atom. The summed E-state index contributed by atoms with van der Waals surface area (Å²) in [6, 6.07) is 0.368. The molecule has 4 nitrogen and oxygen atoms in total. The molecule has 0 spiro atoms. The van der Waals surface area contributed by atoms with Crippen LogP contribution in [0.15, 0.2) is 0 Å². The van der Waals surface area contributed by atoms with E-state index in [2.05, 4.69) is 16.5 Å². The smallest absolute Gasteiger partial charge is 0.166 e. The predicted molar refractivity (Wildman–Crippen MR) is 81.2 cm³/mol. The van der Waals surface area contributed by atoms with Crippen LogP contribution < -0.4 is 5.32 Å². The lowest BCUT2D eigenvalue weighted by Crippen LogP contribution is -2.55. The van der Waals surface area contributed by atoms with Crippen molar-refractivity contribution in [2.75, 3.05) is 43.1 Å².